The summed E-state index contributed by atoms with van der Waals surface area (Å²) in [6.07, 6.45) is 0.668. The number of likely N-dealkylation sites (N-methyl/N-ethyl adjacent to an activating group) is 1. The molecule has 1 rings (SSSR count). The Balaban J connectivity index is 2.95. The van der Waals surface area contributed by atoms with Crippen molar-refractivity contribution in [3.63, 3.8) is 0 Å². The zero-order valence-corrected chi connectivity index (χ0v) is 12.3. The molecule has 1 aromatic carbocycles. The highest BCUT2D eigenvalue weighted by Gasteiger charge is 2.23. The smallest absolute Gasteiger partial charge is 0.317 e. The average molecular weight is 282 g/mol. The molecule has 0 amide bonds. The Morgan fingerprint density at radius 2 is 1.95 bits per heavy atom. The van der Waals surface area contributed by atoms with E-state index in [1.807, 2.05) is 30.8 Å². The SMILES string of the molecule is CCC(c1ccccc1F)N(CCN(C)C)CC(=O)O. The third-order valence-corrected chi connectivity index (χ3v) is 3.26. The van der Waals surface area contributed by atoms with Crippen LogP contribution in [0.1, 0.15) is 24.9 Å². The van der Waals surface area contributed by atoms with E-state index >= 15 is 0 Å². The number of benzene rings is 1. The third kappa shape index (κ3) is 4.90. The monoisotopic (exact) mass is 282 g/mol. The summed E-state index contributed by atoms with van der Waals surface area (Å²) < 4.78 is 13.9. The predicted octanol–water partition coefficient (Wildman–Crippen LogP) is 2.22. The van der Waals surface area contributed by atoms with E-state index in [9.17, 15) is 9.18 Å². The van der Waals surface area contributed by atoms with E-state index in [1.54, 1.807) is 18.2 Å². The lowest BCUT2D eigenvalue weighted by atomic mass is 10.0. The summed E-state index contributed by atoms with van der Waals surface area (Å²) in [6.45, 7) is 3.19. The van der Waals surface area contributed by atoms with Crippen LogP contribution in [0.15, 0.2) is 24.3 Å². The van der Waals surface area contributed by atoms with Crippen molar-refractivity contribution < 1.29 is 14.3 Å². The maximum Gasteiger partial charge on any atom is 0.317 e. The van der Waals surface area contributed by atoms with Gasteiger partial charge in [0.15, 0.2) is 0 Å². The van der Waals surface area contributed by atoms with Crippen LogP contribution >= 0.6 is 0 Å². The molecule has 0 aliphatic carbocycles. The van der Waals surface area contributed by atoms with Gasteiger partial charge in [0.1, 0.15) is 5.82 Å². The molecule has 1 N–H and O–H groups in total. The first-order valence-corrected chi connectivity index (χ1v) is 6.80. The number of aliphatic carboxylic acids is 1. The van der Waals surface area contributed by atoms with Gasteiger partial charge in [0, 0.05) is 24.7 Å². The van der Waals surface area contributed by atoms with Gasteiger partial charge in [-0.1, -0.05) is 25.1 Å². The number of carboxylic acids is 1. The van der Waals surface area contributed by atoms with Crippen LogP contribution < -0.4 is 0 Å². The quantitative estimate of drug-likeness (QED) is 0.794. The highest BCUT2D eigenvalue weighted by molar-refractivity contribution is 5.69. The van der Waals surface area contributed by atoms with E-state index in [-0.39, 0.29) is 18.4 Å². The number of halogens is 1. The number of carboxylic acid groups (broad SMARTS) is 1. The molecule has 0 bridgehead atoms. The van der Waals surface area contributed by atoms with Gasteiger partial charge in [-0.15, -0.1) is 0 Å². The topological polar surface area (TPSA) is 43.8 Å². The van der Waals surface area contributed by atoms with E-state index < -0.39 is 5.97 Å². The maximum absolute atomic E-state index is 13.9. The Hall–Kier alpha value is -1.46. The molecule has 0 spiro atoms. The average Bonchev–Trinajstić information content (AvgIpc) is 2.38. The Labute approximate surface area is 119 Å². The van der Waals surface area contributed by atoms with E-state index in [2.05, 4.69) is 0 Å². The lowest BCUT2D eigenvalue weighted by Gasteiger charge is -2.31. The number of carbonyl (C=O) groups is 1. The first kappa shape index (κ1) is 16.6. The Morgan fingerprint density at radius 1 is 1.30 bits per heavy atom. The molecule has 0 aliphatic rings. The lowest BCUT2D eigenvalue weighted by Crippen LogP contribution is -2.38. The van der Waals surface area contributed by atoms with Crippen molar-refractivity contribution in [3.8, 4) is 0 Å². The number of nitrogens with zero attached hydrogens (tertiary/aromatic N) is 2. The molecule has 5 heteroatoms. The van der Waals surface area contributed by atoms with Crippen molar-refractivity contribution in [1.29, 1.82) is 0 Å². The molecule has 0 saturated heterocycles. The highest BCUT2D eigenvalue weighted by atomic mass is 19.1. The van der Waals surface area contributed by atoms with Gasteiger partial charge in [0.05, 0.1) is 6.54 Å². The van der Waals surface area contributed by atoms with E-state index in [0.717, 1.165) is 6.54 Å². The van der Waals surface area contributed by atoms with Crippen LogP contribution in [0.2, 0.25) is 0 Å². The normalized spacial score (nSPS) is 12.9. The van der Waals surface area contributed by atoms with Gasteiger partial charge in [-0.05, 0) is 26.6 Å². The van der Waals surface area contributed by atoms with Crippen molar-refractivity contribution in [3.05, 3.63) is 35.6 Å². The van der Waals surface area contributed by atoms with E-state index in [1.165, 1.54) is 6.07 Å². The van der Waals surface area contributed by atoms with Gasteiger partial charge in [-0.2, -0.15) is 0 Å². The van der Waals surface area contributed by atoms with Crippen LogP contribution in [-0.4, -0.2) is 54.6 Å². The molecule has 0 aliphatic heterocycles. The highest BCUT2D eigenvalue weighted by Crippen LogP contribution is 2.26. The lowest BCUT2D eigenvalue weighted by molar-refractivity contribution is -0.139. The molecule has 1 atom stereocenters. The number of hydrogen-bond acceptors (Lipinski definition) is 3. The summed E-state index contributed by atoms with van der Waals surface area (Å²) >= 11 is 0. The summed E-state index contributed by atoms with van der Waals surface area (Å²) in [4.78, 5) is 14.9. The van der Waals surface area contributed by atoms with E-state index in [4.69, 9.17) is 5.11 Å². The first-order valence-electron chi connectivity index (χ1n) is 6.80. The van der Waals surface area contributed by atoms with Gasteiger partial charge in [0.2, 0.25) is 0 Å². The molecule has 1 aromatic rings. The molecule has 112 valence electrons. The predicted molar refractivity (Wildman–Crippen MR) is 77.2 cm³/mol. The largest absolute Gasteiger partial charge is 0.480 e. The van der Waals surface area contributed by atoms with Crippen molar-refractivity contribution in [2.24, 2.45) is 0 Å². The molecule has 4 nitrogen and oxygen atoms in total. The van der Waals surface area contributed by atoms with Gasteiger partial charge < -0.3 is 10.0 Å². The number of hydrogen-bond donors (Lipinski definition) is 1. The molecular formula is C15H23FN2O2. The Morgan fingerprint density at radius 3 is 2.45 bits per heavy atom. The Bertz CT molecular complexity index is 438. The molecular weight excluding hydrogens is 259 g/mol. The molecule has 0 aromatic heterocycles. The van der Waals surface area contributed by atoms with Crippen molar-refractivity contribution >= 4 is 5.97 Å². The maximum atomic E-state index is 13.9. The molecule has 0 saturated carbocycles. The minimum atomic E-state index is -0.890. The van der Waals surface area contributed by atoms with Crippen molar-refractivity contribution in [2.75, 3.05) is 33.7 Å². The fourth-order valence-electron chi connectivity index (χ4n) is 2.27. The van der Waals surface area contributed by atoms with E-state index in [0.29, 0.717) is 18.5 Å². The summed E-state index contributed by atoms with van der Waals surface area (Å²) in [7, 11) is 3.87. The van der Waals surface area contributed by atoms with Crippen molar-refractivity contribution in [2.45, 2.75) is 19.4 Å². The molecule has 0 heterocycles. The third-order valence-electron chi connectivity index (χ3n) is 3.26. The minimum Gasteiger partial charge on any atom is -0.480 e. The van der Waals surface area contributed by atoms with Gasteiger partial charge >= 0.3 is 5.97 Å². The standard InChI is InChI=1S/C15H23FN2O2/c1-4-14(12-7-5-6-8-13(12)16)18(11-15(19)20)10-9-17(2)3/h5-8,14H,4,9-11H2,1-3H3,(H,19,20). The molecule has 1 unspecified atom stereocenters. The molecule has 20 heavy (non-hydrogen) atoms. The fourth-order valence-corrected chi connectivity index (χ4v) is 2.27. The van der Waals surface area contributed by atoms with Crippen molar-refractivity contribution in [1.82, 2.24) is 9.80 Å². The van der Waals surface area contributed by atoms with Crippen LogP contribution in [0.4, 0.5) is 4.39 Å². The zero-order valence-electron chi connectivity index (χ0n) is 12.3. The Kier molecular flexibility index (Phi) is 6.61. The second kappa shape index (κ2) is 7.97. The van der Waals surface area contributed by atoms with Crippen LogP contribution in [0, 0.1) is 5.82 Å². The summed E-state index contributed by atoms with van der Waals surface area (Å²) in [5, 5.41) is 9.06. The van der Waals surface area contributed by atoms with Crippen LogP contribution in [0.25, 0.3) is 0 Å². The summed E-state index contributed by atoms with van der Waals surface area (Å²) in [5.74, 6) is -1.17. The van der Waals surface area contributed by atoms with Gasteiger partial charge in [0.25, 0.3) is 0 Å². The zero-order chi connectivity index (χ0) is 15.1. The van der Waals surface area contributed by atoms with Gasteiger partial charge in [-0.25, -0.2) is 4.39 Å². The van der Waals surface area contributed by atoms with Crippen LogP contribution in [0.5, 0.6) is 0 Å². The van der Waals surface area contributed by atoms with Gasteiger partial charge in [-0.3, -0.25) is 9.69 Å². The fraction of sp³-hybridized carbons (Fsp3) is 0.533. The number of rotatable bonds is 8. The minimum absolute atomic E-state index is 0.0827. The molecule has 0 radical (unpaired) electrons. The summed E-state index contributed by atoms with van der Waals surface area (Å²) in [6, 6.07) is 6.36. The van der Waals surface area contributed by atoms with Crippen LogP contribution in [0.3, 0.4) is 0 Å². The summed E-state index contributed by atoms with van der Waals surface area (Å²) in [5.41, 5.74) is 0.565. The molecule has 0 fully saturated rings. The first-order chi connectivity index (χ1) is 9.45. The second-order valence-electron chi connectivity index (χ2n) is 5.11. The second-order valence-corrected chi connectivity index (χ2v) is 5.11. The van der Waals surface area contributed by atoms with Crippen LogP contribution in [-0.2, 0) is 4.79 Å².